The van der Waals surface area contributed by atoms with Crippen LogP contribution in [0.5, 0.6) is 5.75 Å². The van der Waals surface area contributed by atoms with E-state index in [0.717, 1.165) is 4.47 Å². The largest absolute Gasteiger partial charge is 0.484 e. The van der Waals surface area contributed by atoms with Crippen LogP contribution in [0.2, 0.25) is 0 Å². The summed E-state index contributed by atoms with van der Waals surface area (Å²) >= 11 is 3.31. The van der Waals surface area contributed by atoms with E-state index in [9.17, 15) is 4.79 Å². The molecule has 4 nitrogen and oxygen atoms in total. The van der Waals surface area contributed by atoms with Gasteiger partial charge in [-0.05, 0) is 25.1 Å². The molecule has 0 bridgehead atoms. The van der Waals surface area contributed by atoms with Crippen LogP contribution in [0.1, 0.15) is 6.92 Å². The topological polar surface area (TPSA) is 47.6 Å². The summed E-state index contributed by atoms with van der Waals surface area (Å²) in [6, 6.07) is 7.28. The molecule has 0 unspecified atom stereocenters. The van der Waals surface area contributed by atoms with Gasteiger partial charge in [0.05, 0.1) is 6.61 Å². The second-order valence-corrected chi connectivity index (χ2v) is 3.62. The molecule has 0 aromatic heterocycles. The second-order valence-electron chi connectivity index (χ2n) is 2.70. The molecule has 0 heterocycles. The number of hydrogen-bond donors (Lipinski definition) is 1. The molecule has 0 aliphatic carbocycles. The molecule has 0 saturated carbocycles. The monoisotopic (exact) mass is 273 g/mol. The van der Waals surface area contributed by atoms with Crippen molar-refractivity contribution in [3.63, 3.8) is 0 Å². The molecule has 0 aliphatic heterocycles. The van der Waals surface area contributed by atoms with Crippen molar-refractivity contribution >= 4 is 21.8 Å². The van der Waals surface area contributed by atoms with Gasteiger partial charge in [0.1, 0.15) is 5.75 Å². The van der Waals surface area contributed by atoms with Crippen molar-refractivity contribution in [1.82, 2.24) is 5.48 Å². The highest BCUT2D eigenvalue weighted by atomic mass is 79.9. The van der Waals surface area contributed by atoms with Crippen LogP contribution in [0.4, 0.5) is 0 Å². The van der Waals surface area contributed by atoms with Crippen LogP contribution in [-0.4, -0.2) is 19.1 Å². The lowest BCUT2D eigenvalue weighted by Crippen LogP contribution is -2.28. The molecule has 0 aliphatic rings. The first-order valence-corrected chi connectivity index (χ1v) is 5.30. The number of carbonyl (C=O) groups excluding carboxylic acids is 1. The standard InChI is InChI=1S/C10H12BrNO3/c1-2-15-12-10(13)7-14-9-5-3-4-8(11)6-9/h3-6H,2,7H2,1H3,(H,12,13). The van der Waals surface area contributed by atoms with E-state index in [0.29, 0.717) is 12.4 Å². The number of halogens is 1. The van der Waals surface area contributed by atoms with Crippen molar-refractivity contribution in [3.05, 3.63) is 28.7 Å². The van der Waals surface area contributed by atoms with E-state index < -0.39 is 0 Å². The Morgan fingerprint density at radius 3 is 3.00 bits per heavy atom. The van der Waals surface area contributed by atoms with Crippen LogP contribution >= 0.6 is 15.9 Å². The van der Waals surface area contributed by atoms with Gasteiger partial charge in [0.15, 0.2) is 6.61 Å². The molecular formula is C10H12BrNO3. The van der Waals surface area contributed by atoms with Gasteiger partial charge in [-0.25, -0.2) is 5.48 Å². The molecule has 0 fully saturated rings. The molecule has 15 heavy (non-hydrogen) atoms. The fourth-order valence-corrected chi connectivity index (χ4v) is 1.27. The van der Waals surface area contributed by atoms with E-state index in [1.165, 1.54) is 0 Å². The SMILES string of the molecule is CCONC(=O)COc1cccc(Br)c1. The Bertz CT molecular complexity index is 330. The van der Waals surface area contributed by atoms with Crippen molar-refractivity contribution in [3.8, 4) is 5.75 Å². The number of benzene rings is 1. The lowest BCUT2D eigenvalue weighted by molar-refractivity contribution is -0.135. The van der Waals surface area contributed by atoms with E-state index >= 15 is 0 Å². The number of carbonyl (C=O) groups is 1. The average molecular weight is 274 g/mol. The Balaban J connectivity index is 2.33. The van der Waals surface area contributed by atoms with Crippen molar-refractivity contribution in [2.45, 2.75) is 6.92 Å². The number of nitrogens with one attached hydrogen (secondary N) is 1. The minimum Gasteiger partial charge on any atom is -0.484 e. The summed E-state index contributed by atoms with van der Waals surface area (Å²) in [5.41, 5.74) is 2.24. The molecule has 0 saturated heterocycles. The number of rotatable bonds is 5. The van der Waals surface area contributed by atoms with Gasteiger partial charge in [-0.1, -0.05) is 22.0 Å². The van der Waals surface area contributed by atoms with Gasteiger partial charge in [0.25, 0.3) is 5.91 Å². The number of hydrogen-bond acceptors (Lipinski definition) is 3. The van der Waals surface area contributed by atoms with Crippen LogP contribution in [0, 0.1) is 0 Å². The Hall–Kier alpha value is -1.07. The van der Waals surface area contributed by atoms with Gasteiger partial charge in [0.2, 0.25) is 0 Å². The summed E-state index contributed by atoms with van der Waals surface area (Å²) in [6.07, 6.45) is 0. The van der Waals surface area contributed by atoms with Crippen LogP contribution in [0.3, 0.4) is 0 Å². The average Bonchev–Trinajstić information content (AvgIpc) is 2.23. The fourth-order valence-electron chi connectivity index (χ4n) is 0.888. The van der Waals surface area contributed by atoms with Crippen LogP contribution < -0.4 is 10.2 Å². The first-order chi connectivity index (χ1) is 7.22. The van der Waals surface area contributed by atoms with Crippen molar-refractivity contribution in [1.29, 1.82) is 0 Å². The maximum atomic E-state index is 11.1. The highest BCUT2D eigenvalue weighted by molar-refractivity contribution is 9.10. The van der Waals surface area contributed by atoms with Crippen LogP contribution in [0.15, 0.2) is 28.7 Å². The third kappa shape index (κ3) is 4.80. The van der Waals surface area contributed by atoms with Gasteiger partial charge in [0, 0.05) is 4.47 Å². The summed E-state index contributed by atoms with van der Waals surface area (Å²) in [7, 11) is 0. The van der Waals surface area contributed by atoms with Crippen LogP contribution in [0.25, 0.3) is 0 Å². The smallest absolute Gasteiger partial charge is 0.281 e. The van der Waals surface area contributed by atoms with Crippen molar-refractivity contribution in [2.24, 2.45) is 0 Å². The zero-order valence-electron chi connectivity index (χ0n) is 8.33. The van der Waals surface area contributed by atoms with E-state index in [4.69, 9.17) is 9.57 Å². The highest BCUT2D eigenvalue weighted by Crippen LogP contribution is 2.17. The first kappa shape index (κ1) is 12.0. The first-order valence-electron chi connectivity index (χ1n) is 4.51. The predicted octanol–water partition coefficient (Wildman–Crippen LogP) is 1.90. The summed E-state index contributed by atoms with van der Waals surface area (Å²) in [5.74, 6) is 0.327. The number of ether oxygens (including phenoxy) is 1. The Labute approximate surface area is 96.7 Å². The van der Waals surface area contributed by atoms with Gasteiger partial charge < -0.3 is 4.74 Å². The lowest BCUT2D eigenvalue weighted by Gasteiger charge is -2.06. The molecule has 1 rings (SSSR count). The molecule has 82 valence electrons. The molecule has 0 atom stereocenters. The van der Waals surface area contributed by atoms with Gasteiger partial charge in [-0.3, -0.25) is 9.63 Å². The quantitative estimate of drug-likeness (QED) is 0.834. The minimum atomic E-state index is -0.308. The lowest BCUT2D eigenvalue weighted by atomic mass is 10.3. The summed E-state index contributed by atoms with van der Waals surface area (Å²) in [6.45, 7) is 2.16. The summed E-state index contributed by atoms with van der Waals surface area (Å²) in [4.78, 5) is 15.8. The second kappa shape index (κ2) is 6.42. The minimum absolute atomic E-state index is 0.0591. The summed E-state index contributed by atoms with van der Waals surface area (Å²) < 4.78 is 6.13. The van der Waals surface area contributed by atoms with Gasteiger partial charge >= 0.3 is 0 Å². The molecule has 1 amide bonds. The predicted molar refractivity (Wildman–Crippen MR) is 59.4 cm³/mol. The molecule has 1 aromatic rings. The van der Waals surface area contributed by atoms with E-state index in [1.807, 2.05) is 12.1 Å². The third-order valence-electron chi connectivity index (χ3n) is 1.50. The summed E-state index contributed by atoms with van der Waals surface area (Å²) in [5, 5.41) is 0. The van der Waals surface area contributed by atoms with Crippen molar-refractivity contribution in [2.75, 3.05) is 13.2 Å². The zero-order chi connectivity index (χ0) is 11.1. The molecule has 1 N–H and O–H groups in total. The number of amides is 1. The van der Waals surface area contributed by atoms with Gasteiger partial charge in [-0.15, -0.1) is 0 Å². The Morgan fingerprint density at radius 2 is 2.33 bits per heavy atom. The zero-order valence-corrected chi connectivity index (χ0v) is 9.91. The van der Waals surface area contributed by atoms with E-state index in [1.54, 1.807) is 19.1 Å². The van der Waals surface area contributed by atoms with E-state index in [2.05, 4.69) is 21.4 Å². The molecule has 0 radical (unpaired) electrons. The maximum Gasteiger partial charge on any atom is 0.281 e. The normalized spacial score (nSPS) is 9.73. The highest BCUT2D eigenvalue weighted by Gasteiger charge is 2.01. The third-order valence-corrected chi connectivity index (χ3v) is 1.99. The molecule has 5 heteroatoms. The molecule has 1 aromatic carbocycles. The van der Waals surface area contributed by atoms with Crippen LogP contribution in [-0.2, 0) is 9.63 Å². The number of hydroxylamine groups is 1. The maximum absolute atomic E-state index is 11.1. The molecule has 0 spiro atoms. The Kier molecular flexibility index (Phi) is 5.14. The fraction of sp³-hybridized carbons (Fsp3) is 0.300. The van der Waals surface area contributed by atoms with Crippen molar-refractivity contribution < 1.29 is 14.4 Å². The Morgan fingerprint density at radius 1 is 1.53 bits per heavy atom. The van der Waals surface area contributed by atoms with Gasteiger partial charge in [-0.2, -0.15) is 0 Å². The molecular weight excluding hydrogens is 262 g/mol. The van der Waals surface area contributed by atoms with E-state index in [-0.39, 0.29) is 12.5 Å².